The van der Waals surface area contributed by atoms with Crippen LogP contribution in [0.3, 0.4) is 0 Å². The molecular weight excluding hydrogens is 611 g/mol. The lowest BCUT2D eigenvalue weighted by molar-refractivity contribution is 0.961. The quantitative estimate of drug-likeness (QED) is 0.175. The van der Waals surface area contributed by atoms with Gasteiger partial charge in [-0.1, -0.05) is 97.1 Å². The van der Waals surface area contributed by atoms with Gasteiger partial charge >= 0.3 is 0 Å². The number of fused-ring (bicyclic) bond motifs is 7. The van der Waals surface area contributed by atoms with E-state index in [9.17, 15) is 0 Å². The van der Waals surface area contributed by atoms with E-state index in [2.05, 4.69) is 177 Å². The molecule has 0 N–H and O–H groups in total. The lowest BCUT2D eigenvalue weighted by Gasteiger charge is -2.34. The van der Waals surface area contributed by atoms with E-state index in [0.717, 1.165) is 68.4 Å². The van der Waals surface area contributed by atoms with Crippen LogP contribution in [-0.2, 0) is 6.54 Å². The van der Waals surface area contributed by atoms with Gasteiger partial charge in [-0.05, 0) is 84.6 Å². The molecule has 1 aliphatic heterocycles. The molecule has 10 rings (SSSR count). The van der Waals surface area contributed by atoms with Crippen LogP contribution in [0.1, 0.15) is 5.56 Å². The molecule has 0 saturated carbocycles. The molecule has 0 spiro atoms. The highest BCUT2D eigenvalue weighted by Gasteiger charge is 2.27. The standard InChI is InChI=1S/C45H31N5/c1-46-38-21-8-11-24-41(38)48-29-31-14-5-6-19-34(31)36-27-37-35-20-7-10-23-40(35)49(44(37)28-43(36)48)33-18-13-15-30(26-33)45-47-39-22-9-12-25-42(39)50(45)32-16-3-2-4-17-32/h2-28H,1,29H2. The highest BCUT2D eigenvalue weighted by molar-refractivity contribution is 6.13. The van der Waals surface area contributed by atoms with E-state index in [4.69, 9.17) is 4.98 Å². The number of imidazole rings is 1. The summed E-state index contributed by atoms with van der Waals surface area (Å²) in [4.78, 5) is 12.0. The van der Waals surface area contributed by atoms with Gasteiger partial charge in [0.25, 0.3) is 0 Å². The maximum atomic E-state index is 5.18. The van der Waals surface area contributed by atoms with Crippen LogP contribution in [-0.4, -0.2) is 20.8 Å². The highest BCUT2D eigenvalue weighted by atomic mass is 15.2. The third-order valence-electron chi connectivity index (χ3n) is 10.00. The lowest BCUT2D eigenvalue weighted by Crippen LogP contribution is -2.21. The van der Waals surface area contributed by atoms with E-state index in [1.807, 2.05) is 12.1 Å². The molecule has 0 saturated heterocycles. The monoisotopic (exact) mass is 641 g/mol. The molecule has 1 aliphatic rings. The Labute approximate surface area is 289 Å². The molecule has 0 amide bonds. The number of hydrogen-bond acceptors (Lipinski definition) is 3. The van der Waals surface area contributed by atoms with Crippen molar-refractivity contribution in [2.45, 2.75) is 6.54 Å². The van der Waals surface area contributed by atoms with Crippen LogP contribution in [0.5, 0.6) is 0 Å². The van der Waals surface area contributed by atoms with Crippen molar-refractivity contribution in [3.63, 3.8) is 0 Å². The maximum Gasteiger partial charge on any atom is 0.145 e. The van der Waals surface area contributed by atoms with Crippen LogP contribution in [0.4, 0.5) is 17.1 Å². The summed E-state index contributed by atoms with van der Waals surface area (Å²) >= 11 is 0. The predicted molar refractivity (Wildman–Crippen MR) is 208 cm³/mol. The molecule has 2 aromatic heterocycles. The summed E-state index contributed by atoms with van der Waals surface area (Å²) in [6, 6.07) is 58.1. The molecule has 5 heteroatoms. The van der Waals surface area contributed by atoms with Gasteiger partial charge < -0.3 is 9.47 Å². The van der Waals surface area contributed by atoms with Crippen molar-refractivity contribution in [1.82, 2.24) is 14.1 Å². The second-order valence-electron chi connectivity index (χ2n) is 12.8. The molecule has 7 aromatic carbocycles. The molecule has 0 bridgehead atoms. The van der Waals surface area contributed by atoms with E-state index in [1.165, 1.54) is 27.5 Å². The number of benzene rings is 7. The normalized spacial score (nSPS) is 12.4. The third-order valence-corrected chi connectivity index (χ3v) is 10.00. The molecule has 0 atom stereocenters. The summed E-state index contributed by atoms with van der Waals surface area (Å²) in [5, 5.41) is 2.43. The molecule has 50 heavy (non-hydrogen) atoms. The van der Waals surface area contributed by atoms with E-state index in [1.54, 1.807) is 0 Å². The van der Waals surface area contributed by atoms with Crippen molar-refractivity contribution in [2.75, 3.05) is 4.90 Å². The molecule has 236 valence electrons. The first-order chi connectivity index (χ1) is 24.8. The fraction of sp³-hybridized carbons (Fsp3) is 0.0222. The van der Waals surface area contributed by atoms with Crippen LogP contribution >= 0.6 is 0 Å². The number of para-hydroxylation sites is 6. The Morgan fingerprint density at radius 1 is 0.520 bits per heavy atom. The Morgan fingerprint density at radius 3 is 2.16 bits per heavy atom. The number of nitrogens with zero attached hydrogens (tertiary/aromatic N) is 5. The zero-order valence-electron chi connectivity index (χ0n) is 27.2. The Hall–Kier alpha value is -6.72. The number of anilines is 2. The molecular formula is C45H31N5. The molecule has 0 unspecified atom stereocenters. The minimum Gasteiger partial charge on any atom is -0.335 e. The summed E-state index contributed by atoms with van der Waals surface area (Å²) in [7, 11) is 0. The van der Waals surface area contributed by atoms with Gasteiger partial charge in [0.15, 0.2) is 0 Å². The number of aromatic nitrogens is 3. The van der Waals surface area contributed by atoms with Gasteiger partial charge in [-0.15, -0.1) is 0 Å². The van der Waals surface area contributed by atoms with Gasteiger partial charge in [0, 0.05) is 39.8 Å². The fourth-order valence-electron chi connectivity index (χ4n) is 7.78. The molecule has 0 aliphatic carbocycles. The number of hydrogen-bond donors (Lipinski definition) is 0. The Bertz CT molecular complexity index is 2770. The van der Waals surface area contributed by atoms with Crippen molar-refractivity contribution in [3.05, 3.63) is 169 Å². The van der Waals surface area contributed by atoms with E-state index in [-0.39, 0.29) is 0 Å². The SMILES string of the molecule is C=Nc1ccccc1N1Cc2ccccc2-c2cc3c4ccccc4n(-c4cccc(-c5nc6ccccc6n5-c5ccccc5)c4)c3cc21. The summed E-state index contributed by atoms with van der Waals surface area (Å²) in [6.45, 7) is 4.65. The van der Waals surface area contributed by atoms with Crippen LogP contribution in [0.2, 0.25) is 0 Å². The van der Waals surface area contributed by atoms with Crippen LogP contribution < -0.4 is 4.90 Å². The Balaban J connectivity index is 1.23. The van der Waals surface area contributed by atoms with E-state index in [0.29, 0.717) is 0 Å². The predicted octanol–water partition coefficient (Wildman–Crippen LogP) is 11.4. The van der Waals surface area contributed by atoms with Gasteiger partial charge in [0.1, 0.15) is 5.82 Å². The molecule has 0 radical (unpaired) electrons. The summed E-state index contributed by atoms with van der Waals surface area (Å²) < 4.78 is 4.66. The van der Waals surface area contributed by atoms with Crippen molar-refractivity contribution in [1.29, 1.82) is 0 Å². The van der Waals surface area contributed by atoms with E-state index >= 15 is 0 Å². The zero-order valence-corrected chi connectivity index (χ0v) is 27.2. The summed E-state index contributed by atoms with van der Waals surface area (Å²) in [5.74, 6) is 0.911. The minimum absolute atomic E-state index is 0.743. The smallest absolute Gasteiger partial charge is 0.145 e. The summed E-state index contributed by atoms with van der Waals surface area (Å²) in [6.07, 6.45) is 0. The van der Waals surface area contributed by atoms with Crippen LogP contribution in [0.15, 0.2) is 169 Å². The summed E-state index contributed by atoms with van der Waals surface area (Å²) in [5.41, 5.74) is 14.4. The van der Waals surface area contributed by atoms with Gasteiger partial charge in [-0.2, -0.15) is 0 Å². The van der Waals surface area contributed by atoms with Gasteiger partial charge in [-0.3, -0.25) is 9.56 Å². The van der Waals surface area contributed by atoms with Crippen LogP contribution in [0.25, 0.3) is 66.7 Å². The topological polar surface area (TPSA) is 38.4 Å². The molecule has 9 aromatic rings. The highest BCUT2D eigenvalue weighted by Crippen LogP contribution is 2.48. The average Bonchev–Trinajstić information content (AvgIpc) is 3.73. The largest absolute Gasteiger partial charge is 0.335 e. The Morgan fingerprint density at radius 2 is 1.26 bits per heavy atom. The first-order valence-electron chi connectivity index (χ1n) is 16.9. The Kier molecular flexibility index (Phi) is 6.33. The van der Waals surface area contributed by atoms with Gasteiger partial charge in [0.05, 0.1) is 39.1 Å². The van der Waals surface area contributed by atoms with Crippen LogP contribution in [0, 0.1) is 0 Å². The average molecular weight is 642 g/mol. The van der Waals surface area contributed by atoms with Crippen molar-refractivity contribution < 1.29 is 0 Å². The third kappa shape index (κ3) is 4.27. The van der Waals surface area contributed by atoms with Crippen molar-refractivity contribution >= 4 is 56.6 Å². The van der Waals surface area contributed by atoms with Crippen molar-refractivity contribution in [2.24, 2.45) is 4.99 Å². The maximum absolute atomic E-state index is 5.18. The van der Waals surface area contributed by atoms with Gasteiger partial charge in [-0.25, -0.2) is 4.98 Å². The minimum atomic E-state index is 0.743. The molecule has 0 fully saturated rings. The zero-order chi connectivity index (χ0) is 33.2. The molecule has 5 nitrogen and oxygen atoms in total. The molecule has 3 heterocycles. The second kappa shape index (κ2) is 11.2. The van der Waals surface area contributed by atoms with Crippen molar-refractivity contribution in [3.8, 4) is 33.9 Å². The first-order valence-corrected chi connectivity index (χ1v) is 16.9. The first kappa shape index (κ1) is 28.3. The number of rotatable bonds is 5. The lowest BCUT2D eigenvalue weighted by atomic mass is 9.91. The van der Waals surface area contributed by atoms with Gasteiger partial charge in [0.2, 0.25) is 0 Å². The second-order valence-corrected chi connectivity index (χ2v) is 12.8. The fourth-order valence-corrected chi connectivity index (χ4v) is 7.78. The number of aliphatic imine (C=N–C) groups is 1. The van der Waals surface area contributed by atoms with E-state index < -0.39 is 0 Å².